The zero-order valence-corrected chi connectivity index (χ0v) is 12.5. The van der Waals surface area contributed by atoms with Crippen LogP contribution in [0.2, 0.25) is 0 Å². The first kappa shape index (κ1) is 18.6. The van der Waals surface area contributed by atoms with Crippen molar-refractivity contribution in [1.82, 2.24) is 0 Å². The van der Waals surface area contributed by atoms with E-state index in [0.29, 0.717) is 0 Å². The van der Waals surface area contributed by atoms with E-state index in [2.05, 4.69) is 0 Å². The molecule has 0 spiro atoms. The Morgan fingerprint density at radius 3 is 1.00 bits per heavy atom. The maximum Gasteiger partial charge on any atom is 2.00 e. The summed E-state index contributed by atoms with van der Waals surface area (Å²) < 4.78 is 19.1. The van der Waals surface area contributed by atoms with Gasteiger partial charge in [0, 0.05) is 5.90 Å². The molecular formula is CH2O6P2Sn2. The Kier molecular flexibility index (Phi) is 10.8. The minimum atomic E-state index is -5.18. The molecule has 0 unspecified atom stereocenters. The second-order valence-corrected chi connectivity index (χ2v) is 4.94. The molecule has 0 fully saturated rings. The van der Waals surface area contributed by atoms with Gasteiger partial charge in [-0.2, -0.15) is 0 Å². The van der Waals surface area contributed by atoms with E-state index >= 15 is 0 Å². The Balaban J connectivity index is -0.000000320. The molecule has 0 heterocycles. The van der Waals surface area contributed by atoms with Crippen LogP contribution >= 0.6 is 15.2 Å². The molecule has 10 heteroatoms. The molecule has 0 saturated carbocycles. The Labute approximate surface area is 97.0 Å². The molecule has 0 atom stereocenters. The fourth-order valence-electron chi connectivity index (χ4n) is 0.212. The van der Waals surface area contributed by atoms with Gasteiger partial charge in [0.25, 0.3) is 0 Å². The molecule has 0 aliphatic rings. The molecule has 0 aromatic rings. The Morgan fingerprint density at radius 2 is 1.00 bits per heavy atom. The van der Waals surface area contributed by atoms with Gasteiger partial charge in [-0.3, -0.25) is 0 Å². The van der Waals surface area contributed by atoms with E-state index in [1.165, 1.54) is 0 Å². The largest absolute Gasteiger partial charge is 2.00 e. The van der Waals surface area contributed by atoms with Gasteiger partial charge >= 0.3 is 47.8 Å². The first-order valence-electron chi connectivity index (χ1n) is 1.73. The van der Waals surface area contributed by atoms with Crippen molar-refractivity contribution in [1.29, 1.82) is 0 Å². The Bertz CT molecular complexity index is 159. The summed E-state index contributed by atoms with van der Waals surface area (Å²) in [7, 11) is -10.4. The minimum absolute atomic E-state index is 0. The monoisotopic (exact) mass is 412 g/mol. The fraction of sp³-hybridized carbons (Fsp3) is 1.00. The van der Waals surface area contributed by atoms with Gasteiger partial charge in [-0.15, -0.1) is 0 Å². The second kappa shape index (κ2) is 6.37. The number of hydrogen-bond donors (Lipinski definition) is 0. The average Bonchev–Trinajstić information content (AvgIpc) is 1.14. The van der Waals surface area contributed by atoms with Crippen LogP contribution in [-0.4, -0.2) is 53.7 Å². The molecule has 0 amide bonds. The van der Waals surface area contributed by atoms with Gasteiger partial charge in [0.05, 0.1) is 0 Å². The summed E-state index contributed by atoms with van der Waals surface area (Å²) >= 11 is 0. The molecule has 11 heavy (non-hydrogen) atoms. The molecule has 0 aliphatic carbocycles. The predicted octanol–water partition coefficient (Wildman–Crippen LogP) is -3.99. The first-order chi connectivity index (χ1) is 3.71. The van der Waals surface area contributed by atoms with E-state index in [4.69, 9.17) is 0 Å². The maximum absolute atomic E-state index is 9.55. The number of rotatable bonds is 2. The third kappa shape index (κ3) is 18.7. The van der Waals surface area contributed by atoms with Crippen LogP contribution in [0.15, 0.2) is 0 Å². The SMILES string of the molecule is O=P([O-])([O-])CP(=O)([O-])[O-].[Sn+2].[Sn+2]. The summed E-state index contributed by atoms with van der Waals surface area (Å²) in [4.78, 5) is 38.2. The third-order valence-corrected chi connectivity index (χ3v) is 3.12. The van der Waals surface area contributed by atoms with Gasteiger partial charge in [-0.25, -0.2) is 0 Å². The van der Waals surface area contributed by atoms with Crippen molar-refractivity contribution in [2.45, 2.75) is 0 Å². The summed E-state index contributed by atoms with van der Waals surface area (Å²) in [6, 6.07) is 0. The van der Waals surface area contributed by atoms with Gasteiger partial charge in [-0.1, -0.05) is 15.2 Å². The summed E-state index contributed by atoms with van der Waals surface area (Å²) in [6.07, 6.45) is 0. The maximum atomic E-state index is 9.55. The van der Waals surface area contributed by atoms with Gasteiger partial charge in [0.1, 0.15) is 0 Å². The minimum Gasteiger partial charge on any atom is -0.810 e. The van der Waals surface area contributed by atoms with Crippen LogP contribution in [0.1, 0.15) is 0 Å². The van der Waals surface area contributed by atoms with Gasteiger partial charge < -0.3 is 28.7 Å². The third-order valence-electron chi connectivity index (χ3n) is 0.346. The normalized spacial score (nSPS) is 11.3. The van der Waals surface area contributed by atoms with Crippen LogP contribution in [-0.2, 0) is 9.13 Å². The summed E-state index contributed by atoms with van der Waals surface area (Å²) in [5.41, 5.74) is 0. The summed E-state index contributed by atoms with van der Waals surface area (Å²) in [5.74, 6) is -1.82. The van der Waals surface area contributed by atoms with Crippen LogP contribution in [0.4, 0.5) is 0 Å². The molecule has 6 nitrogen and oxygen atoms in total. The smallest absolute Gasteiger partial charge is 0.810 e. The van der Waals surface area contributed by atoms with E-state index in [1.54, 1.807) is 0 Å². The van der Waals surface area contributed by atoms with Crippen LogP contribution in [0, 0.1) is 0 Å². The van der Waals surface area contributed by atoms with Crippen LogP contribution in [0.5, 0.6) is 0 Å². The van der Waals surface area contributed by atoms with E-state index in [0.717, 1.165) is 0 Å². The van der Waals surface area contributed by atoms with Crippen molar-refractivity contribution in [3.63, 3.8) is 0 Å². The van der Waals surface area contributed by atoms with Gasteiger partial charge in [0.2, 0.25) is 0 Å². The molecule has 0 rings (SSSR count). The average molecular weight is 409 g/mol. The van der Waals surface area contributed by atoms with Crippen LogP contribution in [0.3, 0.4) is 0 Å². The van der Waals surface area contributed by atoms with Crippen LogP contribution in [0.25, 0.3) is 0 Å². The van der Waals surface area contributed by atoms with Gasteiger partial charge in [0.15, 0.2) is 0 Å². The molecule has 0 bridgehead atoms. The molecule has 0 N–H and O–H groups in total. The molecule has 60 valence electrons. The zero-order valence-electron chi connectivity index (χ0n) is 5.05. The molecule has 0 aromatic carbocycles. The molecule has 0 aromatic heterocycles. The summed E-state index contributed by atoms with van der Waals surface area (Å²) in [6.45, 7) is 0. The molecule has 0 saturated heterocycles. The summed E-state index contributed by atoms with van der Waals surface area (Å²) in [5, 5.41) is 0. The topological polar surface area (TPSA) is 126 Å². The molecule has 0 aliphatic heterocycles. The van der Waals surface area contributed by atoms with E-state index in [1.807, 2.05) is 0 Å². The van der Waals surface area contributed by atoms with E-state index < -0.39 is 21.1 Å². The van der Waals surface area contributed by atoms with Crippen molar-refractivity contribution < 1.29 is 28.7 Å². The predicted molar refractivity (Wildman–Crippen MR) is 31.6 cm³/mol. The van der Waals surface area contributed by atoms with Crippen LogP contribution < -0.4 is 19.6 Å². The van der Waals surface area contributed by atoms with Crippen molar-refractivity contribution in [2.24, 2.45) is 0 Å². The first-order valence-corrected chi connectivity index (χ1v) is 5.18. The Hall–Kier alpha value is 1.90. The number of hydrogen-bond acceptors (Lipinski definition) is 6. The quantitative estimate of drug-likeness (QED) is 0.338. The van der Waals surface area contributed by atoms with Crippen molar-refractivity contribution in [3.8, 4) is 0 Å². The standard InChI is InChI=1S/CH6O6P2.2Sn/c2-8(3,4)1-9(5,6)7;;/h1H2,(H2,2,3,4)(H2,5,6,7);;/q;2*+2/p-4. The second-order valence-electron chi connectivity index (χ2n) is 1.36. The zero-order chi connectivity index (χ0) is 7.71. The molecule has 4 radical (unpaired) electrons. The Morgan fingerprint density at radius 1 is 0.818 bits per heavy atom. The van der Waals surface area contributed by atoms with Crippen molar-refractivity contribution in [3.05, 3.63) is 0 Å². The van der Waals surface area contributed by atoms with E-state index in [-0.39, 0.29) is 47.8 Å². The fourth-order valence-corrected chi connectivity index (χ4v) is 1.91. The van der Waals surface area contributed by atoms with Crippen molar-refractivity contribution >= 4 is 63.0 Å². The molecular weight excluding hydrogens is 407 g/mol. The van der Waals surface area contributed by atoms with Gasteiger partial charge in [-0.05, 0) is 0 Å². The van der Waals surface area contributed by atoms with E-state index in [9.17, 15) is 28.7 Å². The van der Waals surface area contributed by atoms with Crippen molar-refractivity contribution in [2.75, 3.05) is 5.90 Å².